The highest BCUT2D eigenvalue weighted by atomic mass is 32.2. The molecule has 4 rings (SSSR count). The van der Waals surface area contributed by atoms with Crippen molar-refractivity contribution in [3.05, 3.63) is 59.4 Å². The molecule has 242 valence electrons. The van der Waals surface area contributed by atoms with Crippen LogP contribution in [-0.4, -0.2) is 84.3 Å². The molecule has 2 aromatic rings. The number of aryl methyl sites for hydroxylation is 1. The van der Waals surface area contributed by atoms with Crippen LogP contribution in [0.15, 0.2) is 47.4 Å². The molecule has 0 spiro atoms. The van der Waals surface area contributed by atoms with Gasteiger partial charge in [0.2, 0.25) is 5.91 Å². The summed E-state index contributed by atoms with van der Waals surface area (Å²) in [6, 6.07) is 3.61. The maximum Gasteiger partial charge on any atom is 0.430 e. The highest BCUT2D eigenvalue weighted by Gasteiger charge is 2.71. The molecule has 2 atom stereocenters. The molecule has 2 aromatic carbocycles. The van der Waals surface area contributed by atoms with E-state index < -0.39 is 80.9 Å². The predicted octanol–water partition coefficient (Wildman–Crippen LogP) is 3.27. The molecule has 2 amide bonds. The standard InChI is InChI=1S/C26H26F7N3O7S/c27-17-3-6-19(7-4-17)44(42,43)36-18(12-21(37)35-10-9-23(40,14-35)13-34-22(38)39)5-1-15-11-16(2-8-20(15)36)24(41,25(28,29)30)26(31,32)33/h2-4,6-8,11,18,34,40-41H,1,5,9-10,12-14H2,(H,38,39). The Hall–Kier alpha value is -3.64. The third-order valence-electron chi connectivity index (χ3n) is 7.67. The number of β-amino-alcohol motifs (C(OH)–C–C–N with tert-alkyl or cyclic N) is 1. The summed E-state index contributed by atoms with van der Waals surface area (Å²) in [7, 11) is -4.69. The highest BCUT2D eigenvalue weighted by molar-refractivity contribution is 7.92. The number of benzene rings is 2. The Morgan fingerprint density at radius 3 is 2.20 bits per heavy atom. The number of alkyl halides is 6. The molecule has 18 heteroatoms. The highest BCUT2D eigenvalue weighted by Crippen LogP contribution is 2.51. The summed E-state index contributed by atoms with van der Waals surface area (Å²) in [5.41, 5.74) is -9.09. The van der Waals surface area contributed by atoms with E-state index in [9.17, 15) is 59.0 Å². The minimum Gasteiger partial charge on any atom is -0.465 e. The van der Waals surface area contributed by atoms with E-state index in [1.54, 1.807) is 0 Å². The molecule has 2 unspecified atom stereocenters. The third kappa shape index (κ3) is 6.14. The van der Waals surface area contributed by atoms with E-state index >= 15 is 0 Å². The third-order valence-corrected chi connectivity index (χ3v) is 9.55. The normalized spacial score (nSPS) is 21.2. The van der Waals surface area contributed by atoms with E-state index in [1.807, 2.05) is 5.32 Å². The number of carbonyl (C=O) groups is 2. The summed E-state index contributed by atoms with van der Waals surface area (Å²) in [4.78, 5) is 24.7. The lowest BCUT2D eigenvalue weighted by atomic mass is 9.87. The topological polar surface area (TPSA) is 147 Å². The Balaban J connectivity index is 1.72. The fraction of sp³-hybridized carbons (Fsp3) is 0.462. The molecule has 0 aromatic heterocycles. The summed E-state index contributed by atoms with van der Waals surface area (Å²) >= 11 is 0. The molecule has 0 radical (unpaired) electrons. The quantitative estimate of drug-likeness (QED) is 0.335. The maximum atomic E-state index is 13.8. The number of likely N-dealkylation sites (tertiary alicyclic amines) is 1. The van der Waals surface area contributed by atoms with Gasteiger partial charge in [-0.05, 0) is 55.2 Å². The summed E-state index contributed by atoms with van der Waals surface area (Å²) in [6.45, 7) is -0.697. The first-order chi connectivity index (χ1) is 20.2. The van der Waals surface area contributed by atoms with Crippen molar-refractivity contribution in [1.82, 2.24) is 10.2 Å². The Kier molecular flexibility index (Phi) is 8.60. The molecule has 1 fully saturated rings. The summed E-state index contributed by atoms with van der Waals surface area (Å²) < 4.78 is 123. The number of halogens is 7. The summed E-state index contributed by atoms with van der Waals surface area (Å²) in [5.74, 6) is -1.46. The zero-order chi connectivity index (χ0) is 32.9. The number of aliphatic hydroxyl groups is 2. The second-order valence-electron chi connectivity index (χ2n) is 10.6. The number of anilines is 1. The van der Waals surface area contributed by atoms with Crippen molar-refractivity contribution in [3.63, 3.8) is 0 Å². The van der Waals surface area contributed by atoms with Crippen molar-refractivity contribution in [2.75, 3.05) is 23.9 Å². The van der Waals surface area contributed by atoms with E-state index in [4.69, 9.17) is 5.11 Å². The second kappa shape index (κ2) is 11.4. The van der Waals surface area contributed by atoms with Crippen molar-refractivity contribution < 1.29 is 64.1 Å². The van der Waals surface area contributed by atoms with Gasteiger partial charge >= 0.3 is 18.4 Å². The van der Waals surface area contributed by atoms with Crippen molar-refractivity contribution in [3.8, 4) is 0 Å². The molecule has 2 aliphatic rings. The fourth-order valence-electron chi connectivity index (χ4n) is 5.37. The van der Waals surface area contributed by atoms with Gasteiger partial charge in [-0.15, -0.1) is 0 Å². The number of sulfonamides is 1. The van der Waals surface area contributed by atoms with Gasteiger partial charge in [0.05, 0.1) is 29.7 Å². The van der Waals surface area contributed by atoms with Crippen LogP contribution in [0.3, 0.4) is 0 Å². The van der Waals surface area contributed by atoms with Crippen LogP contribution < -0.4 is 9.62 Å². The van der Waals surface area contributed by atoms with Gasteiger partial charge in [-0.1, -0.05) is 12.1 Å². The Labute approximate surface area is 245 Å². The lowest BCUT2D eigenvalue weighted by Crippen LogP contribution is -2.54. The van der Waals surface area contributed by atoms with Gasteiger partial charge in [0, 0.05) is 18.5 Å². The van der Waals surface area contributed by atoms with Crippen molar-refractivity contribution >= 4 is 27.7 Å². The van der Waals surface area contributed by atoms with E-state index in [0.29, 0.717) is 22.5 Å². The lowest BCUT2D eigenvalue weighted by molar-refractivity contribution is -0.376. The van der Waals surface area contributed by atoms with E-state index in [-0.39, 0.29) is 43.6 Å². The molecule has 1 saturated heterocycles. The number of nitrogens with one attached hydrogen (secondary N) is 1. The average Bonchev–Trinajstić information content (AvgIpc) is 3.32. The number of fused-ring (bicyclic) bond motifs is 1. The van der Waals surface area contributed by atoms with Crippen molar-refractivity contribution in [2.24, 2.45) is 0 Å². The molecule has 44 heavy (non-hydrogen) atoms. The first kappa shape index (κ1) is 33.3. The molecule has 10 nitrogen and oxygen atoms in total. The first-order valence-electron chi connectivity index (χ1n) is 13.0. The van der Waals surface area contributed by atoms with Crippen LogP contribution in [0.5, 0.6) is 0 Å². The Bertz CT molecular complexity index is 1520. The number of hydrogen-bond donors (Lipinski definition) is 4. The predicted molar refractivity (Wildman–Crippen MR) is 137 cm³/mol. The van der Waals surface area contributed by atoms with Gasteiger partial charge in [0.25, 0.3) is 15.6 Å². The van der Waals surface area contributed by atoms with E-state index in [2.05, 4.69) is 0 Å². The van der Waals surface area contributed by atoms with Crippen LogP contribution >= 0.6 is 0 Å². The molecular formula is C26H26F7N3O7S. The van der Waals surface area contributed by atoms with Crippen molar-refractivity contribution in [2.45, 2.75) is 60.2 Å². The van der Waals surface area contributed by atoms with Crippen LogP contribution in [0.2, 0.25) is 0 Å². The number of rotatable bonds is 7. The number of nitrogens with zero attached hydrogens (tertiary/aromatic N) is 2. The molecule has 0 aliphatic carbocycles. The van der Waals surface area contributed by atoms with Gasteiger partial charge in [0.1, 0.15) is 11.4 Å². The Morgan fingerprint density at radius 2 is 1.64 bits per heavy atom. The lowest BCUT2D eigenvalue weighted by Gasteiger charge is -2.39. The average molecular weight is 658 g/mol. The van der Waals surface area contributed by atoms with E-state index in [0.717, 1.165) is 24.3 Å². The maximum absolute atomic E-state index is 13.8. The number of hydrogen-bond acceptors (Lipinski definition) is 6. The molecule has 2 aliphatic heterocycles. The second-order valence-corrected chi connectivity index (χ2v) is 12.5. The molecule has 0 saturated carbocycles. The minimum atomic E-state index is -6.18. The van der Waals surface area contributed by atoms with Crippen LogP contribution in [0, 0.1) is 5.82 Å². The van der Waals surface area contributed by atoms with Gasteiger partial charge in [-0.25, -0.2) is 17.6 Å². The van der Waals surface area contributed by atoms with Gasteiger partial charge < -0.3 is 25.5 Å². The summed E-state index contributed by atoms with van der Waals surface area (Å²) in [6.07, 6.45) is -14.8. The van der Waals surface area contributed by atoms with Crippen LogP contribution in [0.1, 0.15) is 30.4 Å². The largest absolute Gasteiger partial charge is 0.465 e. The van der Waals surface area contributed by atoms with Gasteiger partial charge in [-0.2, -0.15) is 26.3 Å². The number of amides is 2. The van der Waals surface area contributed by atoms with Gasteiger partial charge in [-0.3, -0.25) is 9.10 Å². The molecule has 2 heterocycles. The summed E-state index contributed by atoms with van der Waals surface area (Å²) in [5, 5.41) is 31.3. The molecular weight excluding hydrogens is 631 g/mol. The van der Waals surface area contributed by atoms with Crippen molar-refractivity contribution in [1.29, 1.82) is 0 Å². The van der Waals surface area contributed by atoms with Crippen LogP contribution in [-0.2, 0) is 26.8 Å². The minimum absolute atomic E-state index is 0.00574. The Morgan fingerprint density at radius 1 is 1.02 bits per heavy atom. The SMILES string of the molecule is O=C(O)NCC1(O)CCN(C(=O)CC2CCc3cc(C(O)(C(F)(F)F)C(F)(F)F)ccc3N2S(=O)(=O)c2ccc(F)cc2)C1. The molecule has 0 bridgehead atoms. The van der Waals surface area contributed by atoms with Crippen LogP contribution in [0.4, 0.5) is 41.2 Å². The smallest absolute Gasteiger partial charge is 0.430 e. The first-order valence-corrected chi connectivity index (χ1v) is 14.4. The number of carbonyl (C=O) groups excluding carboxylic acids is 1. The number of carboxylic acid groups (broad SMARTS) is 1. The van der Waals surface area contributed by atoms with Crippen LogP contribution in [0.25, 0.3) is 0 Å². The fourth-order valence-corrected chi connectivity index (χ4v) is 7.08. The molecule has 4 N–H and O–H groups in total. The zero-order valence-electron chi connectivity index (χ0n) is 22.5. The monoisotopic (exact) mass is 657 g/mol. The van der Waals surface area contributed by atoms with E-state index in [1.165, 1.54) is 4.90 Å². The zero-order valence-corrected chi connectivity index (χ0v) is 23.3. The van der Waals surface area contributed by atoms with Gasteiger partial charge in [0.15, 0.2) is 0 Å².